The minimum absolute atomic E-state index is 0.172. The van der Waals surface area contributed by atoms with E-state index in [2.05, 4.69) is 9.69 Å². The van der Waals surface area contributed by atoms with Gasteiger partial charge in [-0.25, -0.2) is 0 Å². The third-order valence-electron chi connectivity index (χ3n) is 2.60. The minimum atomic E-state index is 0.172. The second-order valence-electron chi connectivity index (χ2n) is 3.80. The summed E-state index contributed by atoms with van der Waals surface area (Å²) in [7, 11) is 0. The molecule has 0 radical (unpaired) electrons. The van der Waals surface area contributed by atoms with Gasteiger partial charge < -0.3 is 5.32 Å². The second kappa shape index (κ2) is 4.09. The van der Waals surface area contributed by atoms with Crippen LogP contribution in [0.15, 0.2) is 6.07 Å². The zero-order chi connectivity index (χ0) is 9.97. The van der Waals surface area contributed by atoms with Gasteiger partial charge in [0.05, 0.1) is 5.69 Å². The van der Waals surface area contributed by atoms with Gasteiger partial charge in [0, 0.05) is 5.92 Å². The number of hydrogen-bond donors (Lipinski definition) is 1. The van der Waals surface area contributed by atoms with E-state index in [1.165, 1.54) is 24.4 Å². The van der Waals surface area contributed by atoms with Crippen molar-refractivity contribution in [2.24, 2.45) is 5.92 Å². The molecule has 4 heteroatoms. The largest absolute Gasteiger partial charge is 0.316 e. The molecule has 1 aromatic heterocycles. The molecule has 3 nitrogen and oxygen atoms in total. The number of carbonyl (C=O) groups is 1. The molecule has 0 aromatic carbocycles. The van der Waals surface area contributed by atoms with E-state index < -0.39 is 0 Å². The lowest BCUT2D eigenvalue weighted by Crippen LogP contribution is -2.19. The molecule has 1 fully saturated rings. The molecule has 1 aliphatic rings. The van der Waals surface area contributed by atoms with E-state index in [0.717, 1.165) is 23.5 Å². The molecule has 0 unspecified atom stereocenters. The minimum Gasteiger partial charge on any atom is -0.316 e. The van der Waals surface area contributed by atoms with Crippen molar-refractivity contribution in [3.05, 3.63) is 11.8 Å². The second-order valence-corrected chi connectivity index (χ2v) is 4.61. The fourth-order valence-corrected chi connectivity index (χ4v) is 2.50. The van der Waals surface area contributed by atoms with Crippen LogP contribution in [0, 0.1) is 12.8 Å². The van der Waals surface area contributed by atoms with Crippen molar-refractivity contribution in [1.29, 1.82) is 0 Å². The average molecular weight is 210 g/mol. The Balaban J connectivity index is 1.93. The maximum Gasteiger partial charge on any atom is 0.228 e. The number of aryl methyl sites for hydroxylation is 1. The van der Waals surface area contributed by atoms with Crippen LogP contribution >= 0.6 is 11.5 Å². The van der Waals surface area contributed by atoms with Gasteiger partial charge in [0.25, 0.3) is 0 Å². The Kier molecular flexibility index (Phi) is 2.82. The Hall–Kier alpha value is -0.900. The van der Waals surface area contributed by atoms with Gasteiger partial charge in [-0.15, -0.1) is 0 Å². The molecule has 1 amide bonds. The Morgan fingerprint density at radius 2 is 2.29 bits per heavy atom. The van der Waals surface area contributed by atoms with E-state index in [4.69, 9.17) is 0 Å². The molecule has 76 valence electrons. The summed E-state index contributed by atoms with van der Waals surface area (Å²) in [6.45, 7) is 1.93. The van der Waals surface area contributed by atoms with Gasteiger partial charge >= 0.3 is 0 Å². The summed E-state index contributed by atoms with van der Waals surface area (Å²) < 4.78 is 4.12. The van der Waals surface area contributed by atoms with Crippen LogP contribution in [-0.2, 0) is 4.79 Å². The SMILES string of the molecule is Cc1cc(NC(=O)C2CCCC2)sn1. The summed E-state index contributed by atoms with van der Waals surface area (Å²) in [5.74, 6) is 0.406. The molecule has 1 saturated carbocycles. The van der Waals surface area contributed by atoms with Crippen LogP contribution in [0.5, 0.6) is 0 Å². The molecule has 0 aliphatic heterocycles. The molecule has 0 bridgehead atoms. The van der Waals surface area contributed by atoms with E-state index in [1.807, 2.05) is 13.0 Å². The average Bonchev–Trinajstić information content (AvgIpc) is 2.75. The first-order valence-corrected chi connectivity index (χ1v) is 5.77. The maximum absolute atomic E-state index is 11.7. The number of anilines is 1. The lowest BCUT2D eigenvalue weighted by atomic mass is 10.1. The topological polar surface area (TPSA) is 42.0 Å². The lowest BCUT2D eigenvalue weighted by molar-refractivity contribution is -0.119. The normalized spacial score (nSPS) is 17.2. The predicted molar refractivity (Wildman–Crippen MR) is 57.4 cm³/mol. The Morgan fingerprint density at radius 1 is 1.57 bits per heavy atom. The van der Waals surface area contributed by atoms with E-state index in [9.17, 15) is 4.79 Å². The highest BCUT2D eigenvalue weighted by atomic mass is 32.1. The fourth-order valence-electron chi connectivity index (χ4n) is 1.83. The highest BCUT2D eigenvalue weighted by Gasteiger charge is 2.22. The fraction of sp³-hybridized carbons (Fsp3) is 0.600. The van der Waals surface area contributed by atoms with Crippen LogP contribution in [0.3, 0.4) is 0 Å². The van der Waals surface area contributed by atoms with Crippen molar-refractivity contribution in [2.75, 3.05) is 5.32 Å². The van der Waals surface area contributed by atoms with Crippen molar-refractivity contribution in [1.82, 2.24) is 4.37 Å². The first-order chi connectivity index (χ1) is 6.75. The van der Waals surface area contributed by atoms with E-state index in [1.54, 1.807) is 0 Å². The van der Waals surface area contributed by atoms with Gasteiger partial charge in [-0.2, -0.15) is 4.37 Å². The van der Waals surface area contributed by atoms with Gasteiger partial charge in [-0.05, 0) is 37.4 Å². The standard InChI is InChI=1S/C10H14N2OS/c1-7-6-9(14-12-7)11-10(13)8-4-2-3-5-8/h6,8H,2-5H2,1H3,(H,11,13). The van der Waals surface area contributed by atoms with Crippen molar-refractivity contribution in [2.45, 2.75) is 32.6 Å². The molecule has 0 atom stereocenters. The number of nitrogens with zero attached hydrogens (tertiary/aromatic N) is 1. The van der Waals surface area contributed by atoms with E-state index in [0.29, 0.717) is 0 Å². The van der Waals surface area contributed by atoms with Gasteiger partial charge in [-0.1, -0.05) is 12.8 Å². The van der Waals surface area contributed by atoms with E-state index >= 15 is 0 Å². The molecule has 0 saturated heterocycles. The van der Waals surface area contributed by atoms with Crippen LogP contribution < -0.4 is 5.32 Å². The van der Waals surface area contributed by atoms with Crippen LogP contribution in [0.1, 0.15) is 31.4 Å². The molecular weight excluding hydrogens is 196 g/mol. The zero-order valence-corrected chi connectivity index (χ0v) is 9.06. The number of rotatable bonds is 2. The van der Waals surface area contributed by atoms with Crippen molar-refractivity contribution in [3.8, 4) is 0 Å². The monoisotopic (exact) mass is 210 g/mol. The predicted octanol–water partition coefficient (Wildman–Crippen LogP) is 2.58. The van der Waals surface area contributed by atoms with Crippen molar-refractivity contribution in [3.63, 3.8) is 0 Å². The molecule has 1 heterocycles. The van der Waals surface area contributed by atoms with Gasteiger partial charge in [0.2, 0.25) is 5.91 Å². The summed E-state index contributed by atoms with van der Waals surface area (Å²) in [5, 5.41) is 3.80. The van der Waals surface area contributed by atoms with Crippen LogP contribution in [0.25, 0.3) is 0 Å². The Labute approximate surface area is 87.7 Å². The summed E-state index contributed by atoms with van der Waals surface area (Å²) in [6.07, 6.45) is 4.48. The zero-order valence-electron chi connectivity index (χ0n) is 8.25. The quantitative estimate of drug-likeness (QED) is 0.815. The van der Waals surface area contributed by atoms with Crippen molar-refractivity contribution >= 4 is 22.4 Å². The summed E-state index contributed by atoms with van der Waals surface area (Å²) >= 11 is 1.35. The third-order valence-corrected chi connectivity index (χ3v) is 3.40. The Morgan fingerprint density at radius 3 is 2.86 bits per heavy atom. The summed E-state index contributed by atoms with van der Waals surface area (Å²) in [6, 6.07) is 1.91. The lowest BCUT2D eigenvalue weighted by Gasteiger charge is -2.07. The number of hydrogen-bond acceptors (Lipinski definition) is 3. The van der Waals surface area contributed by atoms with Crippen LogP contribution in [0.4, 0.5) is 5.00 Å². The van der Waals surface area contributed by atoms with E-state index in [-0.39, 0.29) is 11.8 Å². The first-order valence-electron chi connectivity index (χ1n) is 5.00. The van der Waals surface area contributed by atoms with Crippen LogP contribution in [-0.4, -0.2) is 10.3 Å². The summed E-state index contributed by atoms with van der Waals surface area (Å²) in [4.78, 5) is 11.7. The maximum atomic E-state index is 11.7. The van der Waals surface area contributed by atoms with Gasteiger partial charge in [-0.3, -0.25) is 4.79 Å². The number of aromatic nitrogens is 1. The number of carbonyl (C=O) groups excluding carboxylic acids is 1. The molecule has 1 aliphatic carbocycles. The molecule has 1 N–H and O–H groups in total. The molecule has 2 rings (SSSR count). The highest BCUT2D eigenvalue weighted by Crippen LogP contribution is 2.26. The molecule has 0 spiro atoms. The van der Waals surface area contributed by atoms with Gasteiger partial charge in [0.1, 0.15) is 5.00 Å². The smallest absolute Gasteiger partial charge is 0.228 e. The first kappa shape index (κ1) is 9.65. The highest BCUT2D eigenvalue weighted by molar-refractivity contribution is 7.10. The molecular formula is C10H14N2OS. The molecule has 1 aromatic rings. The third kappa shape index (κ3) is 2.12. The number of amides is 1. The Bertz CT molecular complexity index is 329. The van der Waals surface area contributed by atoms with Crippen LogP contribution in [0.2, 0.25) is 0 Å². The van der Waals surface area contributed by atoms with Gasteiger partial charge in [0.15, 0.2) is 0 Å². The summed E-state index contributed by atoms with van der Waals surface area (Å²) in [5.41, 5.74) is 0.969. The van der Waals surface area contributed by atoms with Crippen molar-refractivity contribution < 1.29 is 4.79 Å². The number of nitrogens with one attached hydrogen (secondary N) is 1. The molecule has 14 heavy (non-hydrogen) atoms.